The van der Waals surface area contributed by atoms with Gasteiger partial charge in [-0.3, -0.25) is 9.88 Å². The van der Waals surface area contributed by atoms with Gasteiger partial charge < -0.3 is 5.73 Å². The van der Waals surface area contributed by atoms with Gasteiger partial charge in [-0.2, -0.15) is 0 Å². The Hall–Kier alpha value is -1.09. The maximum atomic E-state index is 5.85. The predicted molar refractivity (Wildman–Crippen MR) is 57.8 cm³/mol. The van der Waals surface area contributed by atoms with E-state index in [0.717, 1.165) is 17.9 Å². The minimum Gasteiger partial charge on any atom is -0.397 e. The van der Waals surface area contributed by atoms with Crippen LogP contribution in [0, 0.1) is 0 Å². The molecule has 2 rings (SSSR count). The number of likely N-dealkylation sites (tertiary alicyclic amines) is 1. The van der Waals surface area contributed by atoms with Crippen molar-refractivity contribution in [1.82, 2.24) is 9.88 Å². The lowest BCUT2D eigenvalue weighted by Gasteiger charge is -2.20. The number of hydrogen-bond donors (Lipinski definition) is 1. The Morgan fingerprint density at radius 3 is 3.14 bits per heavy atom. The maximum Gasteiger partial charge on any atom is 0.0772 e. The minimum absolute atomic E-state index is 0.677. The number of hydrogen-bond acceptors (Lipinski definition) is 3. The third kappa shape index (κ3) is 1.87. The van der Waals surface area contributed by atoms with Crippen LogP contribution >= 0.6 is 0 Å². The largest absolute Gasteiger partial charge is 0.397 e. The molecule has 1 fully saturated rings. The van der Waals surface area contributed by atoms with Gasteiger partial charge >= 0.3 is 0 Å². The van der Waals surface area contributed by atoms with Gasteiger partial charge in [0.15, 0.2) is 0 Å². The van der Waals surface area contributed by atoms with Gasteiger partial charge in [-0.15, -0.1) is 0 Å². The Morgan fingerprint density at radius 2 is 2.50 bits per heavy atom. The van der Waals surface area contributed by atoms with Crippen LogP contribution in [0.4, 0.5) is 5.69 Å². The summed E-state index contributed by atoms with van der Waals surface area (Å²) >= 11 is 0. The second kappa shape index (κ2) is 3.96. The summed E-state index contributed by atoms with van der Waals surface area (Å²) in [7, 11) is 0. The first-order chi connectivity index (χ1) is 6.77. The minimum atomic E-state index is 0.677. The van der Waals surface area contributed by atoms with Gasteiger partial charge in [0.1, 0.15) is 0 Å². The molecule has 0 aromatic carbocycles. The van der Waals surface area contributed by atoms with E-state index in [2.05, 4.69) is 16.8 Å². The molecule has 1 saturated heterocycles. The van der Waals surface area contributed by atoms with Crippen LogP contribution < -0.4 is 5.73 Å². The number of nitrogens with zero attached hydrogens (tertiary/aromatic N) is 2. The molecular formula is C11H17N3. The van der Waals surface area contributed by atoms with E-state index in [-0.39, 0.29) is 0 Å². The molecule has 14 heavy (non-hydrogen) atoms. The molecule has 1 aromatic heterocycles. The molecular weight excluding hydrogens is 174 g/mol. The summed E-state index contributed by atoms with van der Waals surface area (Å²) in [4.78, 5) is 6.75. The zero-order chi connectivity index (χ0) is 9.97. The third-order valence-electron chi connectivity index (χ3n) is 2.97. The summed E-state index contributed by atoms with van der Waals surface area (Å²) in [5.41, 5.74) is 7.68. The molecule has 0 radical (unpaired) electrons. The van der Waals surface area contributed by atoms with E-state index < -0.39 is 0 Å². The molecule has 1 aromatic rings. The van der Waals surface area contributed by atoms with E-state index in [4.69, 9.17) is 5.73 Å². The van der Waals surface area contributed by atoms with Crippen LogP contribution in [0.1, 0.15) is 25.5 Å². The van der Waals surface area contributed by atoms with E-state index in [1.807, 2.05) is 18.3 Å². The highest BCUT2D eigenvalue weighted by molar-refractivity contribution is 5.41. The standard InChI is InChI=1S/C11H17N3/c1-9-4-3-7-14(9)8-11-10(12)5-2-6-13-11/h2,5-6,9H,3-4,7-8,12H2,1H3. The van der Waals surface area contributed by atoms with Gasteiger partial charge in [0, 0.05) is 18.8 Å². The van der Waals surface area contributed by atoms with Crippen LogP contribution in [0.5, 0.6) is 0 Å². The van der Waals surface area contributed by atoms with Crippen LogP contribution in [-0.2, 0) is 6.54 Å². The lowest BCUT2D eigenvalue weighted by Crippen LogP contribution is -2.27. The van der Waals surface area contributed by atoms with Crippen LogP contribution in [0.15, 0.2) is 18.3 Å². The zero-order valence-corrected chi connectivity index (χ0v) is 8.61. The fraction of sp³-hybridized carbons (Fsp3) is 0.545. The van der Waals surface area contributed by atoms with Crippen molar-refractivity contribution in [2.24, 2.45) is 0 Å². The van der Waals surface area contributed by atoms with E-state index in [1.54, 1.807) is 0 Å². The summed E-state index contributed by atoms with van der Waals surface area (Å²) in [5.74, 6) is 0. The molecule has 1 atom stereocenters. The second-order valence-corrected chi connectivity index (χ2v) is 4.00. The zero-order valence-electron chi connectivity index (χ0n) is 8.61. The number of anilines is 1. The Balaban J connectivity index is 2.07. The van der Waals surface area contributed by atoms with E-state index in [9.17, 15) is 0 Å². The predicted octanol–water partition coefficient (Wildman–Crippen LogP) is 1.65. The summed E-state index contributed by atoms with van der Waals surface area (Å²) in [5, 5.41) is 0. The average molecular weight is 191 g/mol. The summed E-state index contributed by atoms with van der Waals surface area (Å²) in [6, 6.07) is 4.48. The van der Waals surface area contributed by atoms with Crippen molar-refractivity contribution in [2.45, 2.75) is 32.4 Å². The van der Waals surface area contributed by atoms with Crippen molar-refractivity contribution < 1.29 is 0 Å². The molecule has 1 aliphatic heterocycles. The number of aromatic nitrogens is 1. The first-order valence-corrected chi connectivity index (χ1v) is 5.21. The van der Waals surface area contributed by atoms with E-state index in [0.29, 0.717) is 6.04 Å². The van der Waals surface area contributed by atoms with E-state index in [1.165, 1.54) is 19.4 Å². The Morgan fingerprint density at radius 1 is 1.64 bits per heavy atom. The lowest BCUT2D eigenvalue weighted by atomic mass is 10.2. The lowest BCUT2D eigenvalue weighted by molar-refractivity contribution is 0.258. The van der Waals surface area contributed by atoms with Gasteiger partial charge in [-0.25, -0.2) is 0 Å². The third-order valence-corrected chi connectivity index (χ3v) is 2.97. The van der Waals surface area contributed by atoms with Crippen LogP contribution in [0.2, 0.25) is 0 Å². The maximum absolute atomic E-state index is 5.85. The van der Waals surface area contributed by atoms with E-state index >= 15 is 0 Å². The average Bonchev–Trinajstić information content (AvgIpc) is 2.56. The van der Waals surface area contributed by atoms with Crippen molar-refractivity contribution in [3.8, 4) is 0 Å². The highest BCUT2D eigenvalue weighted by atomic mass is 15.2. The number of nitrogen functional groups attached to an aromatic ring is 1. The summed E-state index contributed by atoms with van der Waals surface area (Å²) < 4.78 is 0. The molecule has 0 spiro atoms. The van der Waals surface area contributed by atoms with Gasteiger partial charge in [0.2, 0.25) is 0 Å². The first kappa shape index (κ1) is 9.46. The van der Waals surface area contributed by atoms with Crippen molar-refractivity contribution in [3.63, 3.8) is 0 Å². The molecule has 2 heterocycles. The Kier molecular flexibility index (Phi) is 2.68. The second-order valence-electron chi connectivity index (χ2n) is 4.00. The molecule has 1 aliphatic rings. The summed E-state index contributed by atoms with van der Waals surface area (Å²) in [6.07, 6.45) is 4.41. The summed E-state index contributed by atoms with van der Waals surface area (Å²) in [6.45, 7) is 4.34. The quantitative estimate of drug-likeness (QED) is 0.773. The first-order valence-electron chi connectivity index (χ1n) is 5.21. The fourth-order valence-corrected chi connectivity index (χ4v) is 2.00. The normalized spacial score (nSPS) is 22.8. The molecule has 0 saturated carbocycles. The topological polar surface area (TPSA) is 42.2 Å². The van der Waals surface area contributed by atoms with Crippen LogP contribution in [-0.4, -0.2) is 22.5 Å². The van der Waals surface area contributed by atoms with Gasteiger partial charge in [-0.1, -0.05) is 0 Å². The van der Waals surface area contributed by atoms with Crippen molar-refractivity contribution in [2.75, 3.05) is 12.3 Å². The molecule has 0 amide bonds. The number of pyridine rings is 1. The Bertz CT molecular complexity index is 311. The molecule has 3 nitrogen and oxygen atoms in total. The molecule has 76 valence electrons. The molecule has 1 unspecified atom stereocenters. The molecule has 3 heteroatoms. The SMILES string of the molecule is CC1CCCN1Cc1ncccc1N. The van der Waals surface area contributed by atoms with Crippen molar-refractivity contribution >= 4 is 5.69 Å². The number of nitrogens with two attached hydrogens (primary N) is 1. The van der Waals surface area contributed by atoms with Gasteiger partial charge in [0.25, 0.3) is 0 Å². The van der Waals surface area contributed by atoms with Crippen molar-refractivity contribution in [3.05, 3.63) is 24.0 Å². The van der Waals surface area contributed by atoms with Crippen LogP contribution in [0.25, 0.3) is 0 Å². The molecule has 2 N–H and O–H groups in total. The Labute approximate surface area is 84.9 Å². The van der Waals surface area contributed by atoms with Gasteiger partial charge in [-0.05, 0) is 38.4 Å². The molecule has 0 bridgehead atoms. The fourth-order valence-electron chi connectivity index (χ4n) is 2.00. The smallest absolute Gasteiger partial charge is 0.0772 e. The highest BCUT2D eigenvalue weighted by Crippen LogP contribution is 2.20. The number of rotatable bonds is 2. The monoisotopic (exact) mass is 191 g/mol. The highest BCUT2D eigenvalue weighted by Gasteiger charge is 2.20. The van der Waals surface area contributed by atoms with Crippen molar-refractivity contribution in [1.29, 1.82) is 0 Å². The molecule has 0 aliphatic carbocycles. The van der Waals surface area contributed by atoms with Gasteiger partial charge in [0.05, 0.1) is 11.4 Å². The van der Waals surface area contributed by atoms with Crippen LogP contribution in [0.3, 0.4) is 0 Å².